The number of halogens is 3. The van der Waals surface area contributed by atoms with Crippen molar-refractivity contribution in [1.29, 1.82) is 0 Å². The van der Waals surface area contributed by atoms with Gasteiger partial charge in [0.25, 0.3) is 0 Å². The molecular formula is C17H15F3O4. The molecule has 0 amide bonds. The van der Waals surface area contributed by atoms with Gasteiger partial charge in [0.15, 0.2) is 11.6 Å². The van der Waals surface area contributed by atoms with Crippen LogP contribution in [0.1, 0.15) is 40.1 Å². The summed E-state index contributed by atoms with van der Waals surface area (Å²) in [5, 5.41) is 18.2. The lowest BCUT2D eigenvalue weighted by Crippen LogP contribution is -2.05. The summed E-state index contributed by atoms with van der Waals surface area (Å²) in [5.74, 6) is -1.18. The maximum atomic E-state index is 12.1. The van der Waals surface area contributed by atoms with Crippen molar-refractivity contribution in [2.75, 3.05) is 0 Å². The van der Waals surface area contributed by atoms with E-state index >= 15 is 0 Å². The number of phenols is 2. The van der Waals surface area contributed by atoms with Gasteiger partial charge in [-0.1, -0.05) is 12.1 Å². The highest BCUT2D eigenvalue weighted by Gasteiger charge is 2.31. The number of rotatable bonds is 2. The number of carbonyl (C=O) groups excluding carboxylic acids is 2. The average Bonchev–Trinajstić information content (AvgIpc) is 2.46. The Morgan fingerprint density at radius 1 is 0.833 bits per heavy atom. The lowest BCUT2D eigenvalue weighted by molar-refractivity contribution is -0.137. The molecule has 2 aromatic carbocycles. The monoisotopic (exact) mass is 340 g/mol. The van der Waals surface area contributed by atoms with Crippen LogP contribution in [-0.4, -0.2) is 21.8 Å². The number of aromatic hydroxyl groups is 2. The highest BCUT2D eigenvalue weighted by molar-refractivity contribution is 5.97. The fourth-order valence-electron chi connectivity index (χ4n) is 1.78. The van der Waals surface area contributed by atoms with Crippen LogP contribution >= 0.6 is 0 Å². The van der Waals surface area contributed by atoms with Crippen LogP contribution in [0, 0.1) is 0 Å². The molecule has 0 saturated heterocycles. The number of alkyl halides is 3. The molecule has 0 heterocycles. The fraction of sp³-hybridized carbons (Fsp3) is 0.176. The number of benzene rings is 2. The molecule has 0 aliphatic rings. The van der Waals surface area contributed by atoms with Gasteiger partial charge in [0.2, 0.25) is 0 Å². The van der Waals surface area contributed by atoms with Crippen molar-refractivity contribution in [3.63, 3.8) is 0 Å². The second-order valence-corrected chi connectivity index (χ2v) is 4.86. The molecule has 4 nitrogen and oxygen atoms in total. The predicted molar refractivity (Wildman–Crippen MR) is 81.2 cm³/mol. The fourth-order valence-corrected chi connectivity index (χ4v) is 1.78. The molecule has 0 atom stereocenters. The van der Waals surface area contributed by atoms with Gasteiger partial charge in [-0.15, -0.1) is 0 Å². The first-order chi connectivity index (χ1) is 11.0. The summed E-state index contributed by atoms with van der Waals surface area (Å²) in [6.07, 6.45) is -4.51. The summed E-state index contributed by atoms with van der Waals surface area (Å²) >= 11 is 0. The Labute approximate surface area is 136 Å². The number of hydrogen-bond acceptors (Lipinski definition) is 4. The molecule has 2 N–H and O–H groups in total. The van der Waals surface area contributed by atoms with Crippen LogP contribution in [0.5, 0.6) is 11.5 Å². The van der Waals surface area contributed by atoms with Gasteiger partial charge in [-0.3, -0.25) is 9.59 Å². The molecule has 7 heteroatoms. The largest absolute Gasteiger partial charge is 0.507 e. The van der Waals surface area contributed by atoms with Gasteiger partial charge in [0.05, 0.1) is 16.7 Å². The molecule has 0 saturated carbocycles. The van der Waals surface area contributed by atoms with E-state index in [0.29, 0.717) is 11.6 Å². The summed E-state index contributed by atoms with van der Waals surface area (Å²) < 4.78 is 36.3. The van der Waals surface area contributed by atoms with Crippen LogP contribution in [0.15, 0.2) is 42.5 Å². The number of ketones is 2. The van der Waals surface area contributed by atoms with E-state index < -0.39 is 23.3 Å². The molecule has 2 rings (SSSR count). The summed E-state index contributed by atoms with van der Waals surface area (Å²) in [7, 11) is 0. The van der Waals surface area contributed by atoms with Crippen LogP contribution in [0.2, 0.25) is 0 Å². The highest BCUT2D eigenvalue weighted by Crippen LogP contribution is 2.32. The number of phenolic OH excluding ortho intramolecular Hbond substituents is 2. The normalized spacial score (nSPS) is 10.5. The first-order valence-corrected chi connectivity index (χ1v) is 6.74. The first-order valence-electron chi connectivity index (χ1n) is 6.74. The average molecular weight is 340 g/mol. The van der Waals surface area contributed by atoms with E-state index in [4.69, 9.17) is 10.2 Å². The number of para-hydroxylation sites is 1. The van der Waals surface area contributed by atoms with E-state index in [1.807, 2.05) is 0 Å². The van der Waals surface area contributed by atoms with Crippen LogP contribution in [-0.2, 0) is 6.18 Å². The van der Waals surface area contributed by atoms with E-state index in [2.05, 4.69) is 0 Å². The molecule has 0 aliphatic heterocycles. The highest BCUT2D eigenvalue weighted by atomic mass is 19.4. The van der Waals surface area contributed by atoms with Crippen molar-refractivity contribution in [1.82, 2.24) is 0 Å². The molecule has 128 valence electrons. The summed E-state index contributed by atoms with van der Waals surface area (Å²) in [5.41, 5.74) is -0.708. The van der Waals surface area contributed by atoms with Crippen molar-refractivity contribution in [3.8, 4) is 11.5 Å². The van der Waals surface area contributed by atoms with Crippen LogP contribution < -0.4 is 0 Å². The van der Waals surface area contributed by atoms with E-state index in [0.717, 1.165) is 12.1 Å². The summed E-state index contributed by atoms with van der Waals surface area (Å²) in [4.78, 5) is 21.5. The molecule has 0 aromatic heterocycles. The van der Waals surface area contributed by atoms with Gasteiger partial charge in [-0.2, -0.15) is 13.2 Å². The molecule has 2 aromatic rings. The second kappa shape index (κ2) is 7.63. The van der Waals surface area contributed by atoms with Crippen molar-refractivity contribution < 1.29 is 33.0 Å². The molecule has 0 unspecified atom stereocenters. The van der Waals surface area contributed by atoms with Gasteiger partial charge in [0.1, 0.15) is 11.5 Å². The summed E-state index contributed by atoms with van der Waals surface area (Å²) in [6.45, 7) is 2.59. The minimum absolute atomic E-state index is 0.0509. The number of Topliss-reactive ketones (excluding diaryl/α,β-unsaturated/α-hetero) is 2. The van der Waals surface area contributed by atoms with Gasteiger partial charge in [-0.05, 0) is 44.2 Å². The quantitative estimate of drug-likeness (QED) is 0.803. The van der Waals surface area contributed by atoms with Crippen molar-refractivity contribution in [2.45, 2.75) is 20.0 Å². The Morgan fingerprint density at radius 3 is 1.71 bits per heavy atom. The van der Waals surface area contributed by atoms with E-state index in [-0.39, 0.29) is 17.1 Å². The molecule has 24 heavy (non-hydrogen) atoms. The molecule has 0 radical (unpaired) electrons. The van der Waals surface area contributed by atoms with Gasteiger partial charge >= 0.3 is 6.18 Å². The maximum absolute atomic E-state index is 12.1. The third-order valence-electron chi connectivity index (χ3n) is 2.99. The topological polar surface area (TPSA) is 74.6 Å². The van der Waals surface area contributed by atoms with E-state index in [1.165, 1.54) is 19.9 Å². The number of carbonyl (C=O) groups is 2. The minimum Gasteiger partial charge on any atom is -0.507 e. The standard InChI is InChI=1S/C9H7F3O2.C8H8O2/c1-5(13)7-3-2-6(4-8(7)14)9(10,11)12;1-6(9)7-4-2-3-5-8(7)10/h2-4,14H,1H3;2-5,10H,1H3. The Hall–Kier alpha value is -2.83. The molecule has 0 bridgehead atoms. The van der Waals surface area contributed by atoms with E-state index in [1.54, 1.807) is 18.2 Å². The Balaban J connectivity index is 0.000000254. The number of hydrogen-bond donors (Lipinski definition) is 2. The second-order valence-electron chi connectivity index (χ2n) is 4.86. The zero-order valence-corrected chi connectivity index (χ0v) is 12.9. The van der Waals surface area contributed by atoms with Gasteiger partial charge in [0, 0.05) is 0 Å². The van der Waals surface area contributed by atoms with Crippen molar-refractivity contribution >= 4 is 11.6 Å². The van der Waals surface area contributed by atoms with Crippen LogP contribution in [0.3, 0.4) is 0 Å². The zero-order valence-electron chi connectivity index (χ0n) is 12.9. The van der Waals surface area contributed by atoms with Gasteiger partial charge < -0.3 is 10.2 Å². The Kier molecular flexibility index (Phi) is 6.11. The molecular weight excluding hydrogens is 325 g/mol. The maximum Gasteiger partial charge on any atom is 0.416 e. The third-order valence-corrected chi connectivity index (χ3v) is 2.99. The van der Waals surface area contributed by atoms with Crippen molar-refractivity contribution in [3.05, 3.63) is 59.2 Å². The third kappa shape index (κ3) is 5.12. The smallest absolute Gasteiger partial charge is 0.416 e. The lowest BCUT2D eigenvalue weighted by atomic mass is 10.1. The van der Waals surface area contributed by atoms with Crippen molar-refractivity contribution in [2.24, 2.45) is 0 Å². The van der Waals surface area contributed by atoms with E-state index in [9.17, 15) is 22.8 Å². The predicted octanol–water partition coefficient (Wildman–Crippen LogP) is 4.21. The molecule has 0 spiro atoms. The molecule has 0 fully saturated rings. The molecule has 0 aliphatic carbocycles. The summed E-state index contributed by atoms with van der Waals surface area (Å²) in [6, 6.07) is 8.75. The van der Waals surface area contributed by atoms with Crippen LogP contribution in [0.4, 0.5) is 13.2 Å². The minimum atomic E-state index is -4.51. The SMILES string of the molecule is CC(=O)c1ccc(C(F)(F)F)cc1O.CC(=O)c1ccccc1O. The van der Waals surface area contributed by atoms with Gasteiger partial charge in [-0.25, -0.2) is 0 Å². The Bertz CT molecular complexity index is 752. The zero-order chi connectivity index (χ0) is 18.5. The Morgan fingerprint density at radius 2 is 1.33 bits per heavy atom. The lowest BCUT2D eigenvalue weighted by Gasteiger charge is -2.08. The first kappa shape index (κ1) is 19.2. The van der Waals surface area contributed by atoms with Crippen LogP contribution in [0.25, 0.3) is 0 Å².